The molecular weight excluding hydrogens is 296 g/mol. The third kappa shape index (κ3) is 3.31. The molecule has 0 saturated carbocycles. The van der Waals surface area contributed by atoms with Crippen molar-refractivity contribution in [1.29, 1.82) is 0 Å². The van der Waals surface area contributed by atoms with E-state index in [2.05, 4.69) is 17.2 Å². The third-order valence-electron chi connectivity index (χ3n) is 3.26. The number of furan rings is 1. The highest BCUT2D eigenvalue weighted by Crippen LogP contribution is 2.28. The second-order valence-corrected chi connectivity index (χ2v) is 5.98. The Morgan fingerprint density at radius 1 is 1.23 bits per heavy atom. The van der Waals surface area contributed by atoms with Gasteiger partial charge in [0.25, 0.3) is 5.91 Å². The van der Waals surface area contributed by atoms with Crippen LogP contribution < -0.4 is 5.32 Å². The SMILES string of the molecule is CCc1ccc(N=C2NC(=O)C(=Cc3ccc(C)o3)S2)cc1. The number of thioether (sulfide) groups is 1. The molecule has 2 heterocycles. The monoisotopic (exact) mass is 312 g/mol. The zero-order valence-electron chi connectivity index (χ0n) is 12.4. The molecule has 1 aliphatic heterocycles. The van der Waals surface area contributed by atoms with Crippen LogP contribution in [0.2, 0.25) is 0 Å². The van der Waals surface area contributed by atoms with Crippen LogP contribution in [0, 0.1) is 6.92 Å². The molecule has 0 aliphatic carbocycles. The number of amides is 1. The van der Waals surface area contributed by atoms with Gasteiger partial charge in [0.2, 0.25) is 0 Å². The largest absolute Gasteiger partial charge is 0.462 e. The molecule has 1 saturated heterocycles. The van der Waals surface area contributed by atoms with E-state index in [0.717, 1.165) is 17.9 Å². The van der Waals surface area contributed by atoms with Gasteiger partial charge in [0.15, 0.2) is 5.17 Å². The quantitative estimate of drug-likeness (QED) is 0.870. The summed E-state index contributed by atoms with van der Waals surface area (Å²) in [6.45, 7) is 3.98. The van der Waals surface area contributed by atoms with Crippen LogP contribution in [-0.4, -0.2) is 11.1 Å². The summed E-state index contributed by atoms with van der Waals surface area (Å²) in [5.74, 6) is 1.34. The maximum atomic E-state index is 12.0. The Kier molecular flexibility index (Phi) is 4.15. The summed E-state index contributed by atoms with van der Waals surface area (Å²) in [5, 5.41) is 3.36. The number of hydrogen-bond acceptors (Lipinski definition) is 4. The summed E-state index contributed by atoms with van der Waals surface area (Å²) in [6.07, 6.45) is 2.73. The van der Waals surface area contributed by atoms with Crippen LogP contribution in [0.4, 0.5) is 5.69 Å². The van der Waals surface area contributed by atoms with Crippen molar-refractivity contribution in [1.82, 2.24) is 5.32 Å². The highest BCUT2D eigenvalue weighted by Gasteiger charge is 2.24. The number of aryl methyl sites for hydroxylation is 2. The van der Waals surface area contributed by atoms with Crippen molar-refractivity contribution >= 4 is 34.6 Å². The molecule has 0 spiro atoms. The zero-order valence-corrected chi connectivity index (χ0v) is 13.2. The van der Waals surface area contributed by atoms with E-state index < -0.39 is 0 Å². The van der Waals surface area contributed by atoms with Crippen LogP contribution in [0.15, 0.2) is 50.7 Å². The lowest BCUT2D eigenvalue weighted by atomic mass is 10.2. The molecule has 1 amide bonds. The molecule has 0 unspecified atom stereocenters. The maximum Gasteiger partial charge on any atom is 0.264 e. The third-order valence-corrected chi connectivity index (χ3v) is 4.17. The van der Waals surface area contributed by atoms with Crippen LogP contribution >= 0.6 is 11.8 Å². The molecule has 2 aromatic rings. The first-order valence-electron chi connectivity index (χ1n) is 7.09. The number of rotatable bonds is 3. The van der Waals surface area contributed by atoms with Crippen molar-refractivity contribution in [3.05, 3.63) is 58.4 Å². The molecule has 1 fully saturated rings. The Hall–Kier alpha value is -2.27. The summed E-state index contributed by atoms with van der Waals surface area (Å²) in [5.41, 5.74) is 2.09. The van der Waals surface area contributed by atoms with Gasteiger partial charge in [0.1, 0.15) is 11.5 Å². The summed E-state index contributed by atoms with van der Waals surface area (Å²) in [7, 11) is 0. The fraction of sp³-hybridized carbons (Fsp3) is 0.176. The normalized spacial score (nSPS) is 18.2. The lowest BCUT2D eigenvalue weighted by Gasteiger charge is -1.98. The van der Waals surface area contributed by atoms with Crippen molar-refractivity contribution in [2.45, 2.75) is 20.3 Å². The summed E-state index contributed by atoms with van der Waals surface area (Å²) in [4.78, 5) is 17.0. The first kappa shape index (κ1) is 14.7. The van der Waals surface area contributed by atoms with Crippen molar-refractivity contribution in [3.8, 4) is 0 Å². The van der Waals surface area contributed by atoms with Gasteiger partial charge >= 0.3 is 0 Å². The molecule has 0 bridgehead atoms. The van der Waals surface area contributed by atoms with Crippen LogP contribution in [0.1, 0.15) is 24.0 Å². The van der Waals surface area contributed by atoms with Gasteiger partial charge in [-0.3, -0.25) is 4.79 Å². The number of amidine groups is 1. The van der Waals surface area contributed by atoms with E-state index in [0.29, 0.717) is 15.8 Å². The smallest absolute Gasteiger partial charge is 0.264 e. The fourth-order valence-electron chi connectivity index (χ4n) is 2.06. The van der Waals surface area contributed by atoms with Gasteiger partial charge in [-0.05, 0) is 54.9 Å². The Morgan fingerprint density at radius 3 is 2.64 bits per heavy atom. The average molecular weight is 312 g/mol. The highest BCUT2D eigenvalue weighted by atomic mass is 32.2. The van der Waals surface area contributed by atoms with Crippen molar-refractivity contribution < 1.29 is 9.21 Å². The molecule has 22 heavy (non-hydrogen) atoms. The Labute approximate surface area is 133 Å². The molecule has 1 aromatic carbocycles. The Morgan fingerprint density at radius 2 is 2.00 bits per heavy atom. The average Bonchev–Trinajstić information content (AvgIpc) is 3.06. The van der Waals surface area contributed by atoms with Crippen LogP contribution in [0.3, 0.4) is 0 Å². The summed E-state index contributed by atoms with van der Waals surface area (Å²) >= 11 is 1.32. The molecule has 112 valence electrons. The van der Waals surface area contributed by atoms with Gasteiger partial charge in [-0.25, -0.2) is 4.99 Å². The standard InChI is InChI=1S/C17H16N2O2S/c1-3-12-5-7-13(8-6-12)18-17-19-16(20)15(22-17)10-14-9-4-11(2)21-14/h4-10H,3H2,1-2H3,(H,18,19,20). The zero-order chi connectivity index (χ0) is 15.5. The van der Waals surface area contributed by atoms with E-state index >= 15 is 0 Å². The van der Waals surface area contributed by atoms with E-state index in [-0.39, 0.29) is 5.91 Å². The van der Waals surface area contributed by atoms with Gasteiger partial charge in [-0.2, -0.15) is 0 Å². The van der Waals surface area contributed by atoms with Crippen molar-refractivity contribution in [3.63, 3.8) is 0 Å². The fourth-order valence-corrected chi connectivity index (χ4v) is 2.89. The minimum Gasteiger partial charge on any atom is -0.462 e. The lowest BCUT2D eigenvalue weighted by Crippen LogP contribution is -2.19. The molecule has 3 rings (SSSR count). The number of nitrogens with one attached hydrogen (secondary N) is 1. The number of benzene rings is 1. The lowest BCUT2D eigenvalue weighted by molar-refractivity contribution is -0.115. The van der Waals surface area contributed by atoms with Gasteiger partial charge < -0.3 is 9.73 Å². The molecule has 1 aliphatic rings. The molecule has 4 nitrogen and oxygen atoms in total. The predicted octanol–water partition coefficient (Wildman–Crippen LogP) is 4.04. The first-order valence-corrected chi connectivity index (χ1v) is 7.90. The Bertz CT molecular complexity index is 757. The minimum atomic E-state index is -0.150. The molecular formula is C17H16N2O2S. The number of hydrogen-bond donors (Lipinski definition) is 1. The van der Waals surface area contributed by atoms with Gasteiger partial charge in [-0.1, -0.05) is 19.1 Å². The molecule has 1 aromatic heterocycles. The molecule has 0 atom stereocenters. The van der Waals surface area contributed by atoms with E-state index in [1.807, 2.05) is 43.3 Å². The Balaban J connectivity index is 1.78. The number of aliphatic imine (C=N–C) groups is 1. The number of carbonyl (C=O) groups is 1. The second kappa shape index (κ2) is 6.23. The maximum absolute atomic E-state index is 12.0. The minimum absolute atomic E-state index is 0.150. The second-order valence-electron chi connectivity index (χ2n) is 4.95. The van der Waals surface area contributed by atoms with E-state index in [9.17, 15) is 4.79 Å². The van der Waals surface area contributed by atoms with Crippen LogP contribution in [0.25, 0.3) is 6.08 Å². The summed E-state index contributed by atoms with van der Waals surface area (Å²) < 4.78 is 5.46. The van der Waals surface area contributed by atoms with Crippen molar-refractivity contribution in [2.75, 3.05) is 0 Å². The number of nitrogens with zero attached hydrogens (tertiary/aromatic N) is 1. The van der Waals surface area contributed by atoms with Crippen LogP contribution in [-0.2, 0) is 11.2 Å². The van der Waals surface area contributed by atoms with Crippen LogP contribution in [0.5, 0.6) is 0 Å². The summed E-state index contributed by atoms with van der Waals surface area (Å²) in [6, 6.07) is 11.7. The predicted molar refractivity (Wildman–Crippen MR) is 90.1 cm³/mol. The molecule has 1 N–H and O–H groups in total. The van der Waals surface area contributed by atoms with Gasteiger partial charge in [-0.15, -0.1) is 0 Å². The van der Waals surface area contributed by atoms with Gasteiger partial charge in [0, 0.05) is 6.08 Å². The highest BCUT2D eigenvalue weighted by molar-refractivity contribution is 8.18. The topological polar surface area (TPSA) is 54.6 Å². The van der Waals surface area contributed by atoms with E-state index in [1.54, 1.807) is 6.08 Å². The first-order chi connectivity index (χ1) is 10.6. The van der Waals surface area contributed by atoms with Gasteiger partial charge in [0.05, 0.1) is 10.6 Å². The molecule has 5 heteroatoms. The van der Waals surface area contributed by atoms with Crippen molar-refractivity contribution in [2.24, 2.45) is 4.99 Å². The number of carbonyl (C=O) groups excluding carboxylic acids is 1. The van der Waals surface area contributed by atoms with E-state index in [4.69, 9.17) is 4.42 Å². The molecule has 0 radical (unpaired) electrons. The van der Waals surface area contributed by atoms with E-state index in [1.165, 1.54) is 17.3 Å².